The first-order chi connectivity index (χ1) is 29.9. The Morgan fingerprint density at radius 3 is 1.06 bits per heavy atom. The van der Waals surface area contributed by atoms with Gasteiger partial charge in [0.05, 0.1) is 34.2 Å². The van der Waals surface area contributed by atoms with Gasteiger partial charge in [-0.05, 0) is 61.8 Å². The van der Waals surface area contributed by atoms with Gasteiger partial charge in [0, 0.05) is 40.5 Å². The van der Waals surface area contributed by atoms with Gasteiger partial charge >= 0.3 is 39.0 Å². The van der Waals surface area contributed by atoms with Gasteiger partial charge < -0.3 is 25.9 Å². The number of carbonyl (C=O) groups excluding carboxylic acids is 1. The molecule has 0 saturated heterocycles. The summed E-state index contributed by atoms with van der Waals surface area (Å²) in [6, 6.07) is 17.7. The van der Waals surface area contributed by atoms with Gasteiger partial charge in [-0.1, -0.05) is 145 Å². The van der Waals surface area contributed by atoms with E-state index in [0.717, 1.165) is 53.8 Å². The monoisotopic (exact) mass is 1220 g/mol. The van der Waals surface area contributed by atoms with E-state index in [4.69, 9.17) is 30.1 Å². The maximum Gasteiger partial charge on any atom is 2.00 e. The van der Waals surface area contributed by atoms with Crippen molar-refractivity contribution in [1.82, 2.24) is 0 Å². The Bertz CT molecular complexity index is 1700. The molecule has 68 heavy (non-hydrogen) atoms. The van der Waals surface area contributed by atoms with E-state index in [1.165, 1.54) is 11.1 Å². The van der Waals surface area contributed by atoms with Crippen LogP contribution in [-0.2, 0) is 78.9 Å². The van der Waals surface area contributed by atoms with Gasteiger partial charge in [-0.15, -0.1) is 29.3 Å². The Balaban J connectivity index is -0.0000000831. The van der Waals surface area contributed by atoms with Crippen molar-refractivity contribution >= 4 is 52.7 Å². The summed E-state index contributed by atoms with van der Waals surface area (Å²) in [4.78, 5) is 35.3. The molecule has 0 bridgehead atoms. The van der Waals surface area contributed by atoms with E-state index in [1.54, 1.807) is 21.0 Å². The summed E-state index contributed by atoms with van der Waals surface area (Å²) in [6.45, 7) is 46.9. The molecule has 0 aliphatic rings. The molecule has 2 aromatic carbocycles. The molecule has 0 amide bonds. The van der Waals surface area contributed by atoms with E-state index >= 15 is 0 Å². The number of carbonyl (C=O) groups is 1. The molecule has 1 N–H and O–H groups in total. The Labute approximate surface area is 449 Å². The standard InChI is InChI=1S/C24H32N2.C7H16N2.C6H12N2.3C3H4.C2F3O.C2H4N.C2H4O2.3Rh/c1-17(25-21-15-11-9-13-19(21)23(3,4)5)18(2)26-22-16-12-10-14-20(22)24(6,7)8;1-6(8-3)5-7(2)9-4;1-5(7-3)6(2)8-4;3*1-3-2;3-2(4,5)1-6;1-2-3;1-2(3)4;;;/h9-16H,1-8H3;6-7H,5H2,1-4H3;1-4H3;3*1-2H2;;2H,1H3;1H3,(H,3,4);;;/q;-2;;;;;2*-1;;;2*+2. The van der Waals surface area contributed by atoms with E-state index in [9.17, 15) is 13.2 Å². The van der Waals surface area contributed by atoms with Gasteiger partial charge in [-0.25, -0.2) is 19.4 Å². The molecule has 0 spiro atoms. The third kappa shape index (κ3) is 62.1. The van der Waals surface area contributed by atoms with Gasteiger partial charge in [0.15, 0.2) is 0 Å². The molecule has 2 rings (SSSR count). The van der Waals surface area contributed by atoms with E-state index < -0.39 is 12.1 Å². The van der Waals surface area contributed by atoms with Crippen molar-refractivity contribution in [2.45, 2.75) is 132 Å². The zero-order chi connectivity index (χ0) is 53.0. The van der Waals surface area contributed by atoms with Crippen LogP contribution in [0, 0.1) is 0 Å². The second kappa shape index (κ2) is 54.0. The van der Waals surface area contributed by atoms with E-state index in [-0.39, 0.29) is 75.6 Å². The Hall–Kier alpha value is -3.93. The molecule has 0 aliphatic carbocycles. The minimum Gasteiger partial charge on any atom is -0.814 e. The molecule has 2 atom stereocenters. The minimum atomic E-state index is -4.76. The number of alkyl halides is 3. The fraction of sp³-hybridized carbons (Fsp3) is 0.462. The van der Waals surface area contributed by atoms with Crippen molar-refractivity contribution in [2.75, 3.05) is 28.2 Å². The number of carboxylic acid groups (broad SMARTS) is 1. The maximum atomic E-state index is 10.4. The molecule has 3 radical (unpaired) electrons. The predicted octanol–water partition coefficient (Wildman–Crippen LogP) is 14.8. The average molecular weight is 1220 g/mol. The number of hydrogen-bond acceptors (Lipinski definition) is 6. The summed E-state index contributed by atoms with van der Waals surface area (Å²) in [6.07, 6.45) is -2.83. The van der Waals surface area contributed by atoms with Crippen molar-refractivity contribution in [3.63, 3.8) is 0 Å². The number of hydrogen-bond donors (Lipinski definition) is 1. The van der Waals surface area contributed by atoms with E-state index in [0.29, 0.717) is 12.1 Å². The molecule has 2 aromatic rings. The summed E-state index contributed by atoms with van der Waals surface area (Å²) in [7, 11) is 7.24. The fourth-order valence-corrected chi connectivity index (χ4v) is 3.96. The van der Waals surface area contributed by atoms with Gasteiger partial charge in [-0.2, -0.15) is 20.4 Å². The summed E-state index contributed by atoms with van der Waals surface area (Å²) < 4.78 is 31.1. The van der Waals surface area contributed by atoms with Crippen LogP contribution >= 0.6 is 0 Å². The molecular weight excluding hydrogens is 1140 g/mol. The van der Waals surface area contributed by atoms with Crippen molar-refractivity contribution in [3.05, 3.63) is 132 Å². The quantitative estimate of drug-likeness (QED) is 0.121. The number of para-hydroxylation sites is 2. The molecule has 0 saturated carbocycles. The van der Waals surface area contributed by atoms with Crippen LogP contribution in [0.5, 0.6) is 0 Å². The molecule has 0 heterocycles. The third-order valence-electron chi connectivity index (χ3n) is 7.40. The van der Waals surface area contributed by atoms with Crippen LogP contribution in [0.25, 0.3) is 16.0 Å². The Morgan fingerprint density at radius 2 is 0.897 bits per heavy atom. The van der Waals surface area contributed by atoms with Crippen LogP contribution < -0.4 is 0 Å². The van der Waals surface area contributed by atoms with Gasteiger partial charge in [0.25, 0.3) is 12.1 Å². The van der Waals surface area contributed by atoms with Crippen LogP contribution in [-0.4, -0.2) is 92.9 Å². The summed E-state index contributed by atoms with van der Waals surface area (Å²) >= 11 is 0. The number of carboxylic acids is 1. The second-order valence-electron chi connectivity index (χ2n) is 15.1. The number of rotatable bonds is 8. The maximum absolute atomic E-state index is 10.4. The molecule has 10 nitrogen and oxygen atoms in total. The molecule has 2 unspecified atom stereocenters. The number of halogens is 3. The van der Waals surface area contributed by atoms with Gasteiger partial charge in [-0.3, -0.25) is 24.8 Å². The number of benzene rings is 2. The molecule has 389 valence electrons. The molecule has 0 fully saturated rings. The zero-order valence-electron chi connectivity index (χ0n) is 43.8. The second-order valence-corrected chi connectivity index (χ2v) is 15.1. The molecule has 16 heteroatoms. The largest absolute Gasteiger partial charge is 2.00 e. The fourth-order valence-electron chi connectivity index (χ4n) is 3.96. The smallest absolute Gasteiger partial charge is 0.814 e. The Morgan fingerprint density at radius 1 is 0.691 bits per heavy atom. The first kappa shape index (κ1) is 87.2. The molecular formula is C52H80F3N7O3Rh3. The van der Waals surface area contributed by atoms with Crippen LogP contribution in [0.1, 0.15) is 114 Å². The normalized spacial score (nSPS) is 11.2. The van der Waals surface area contributed by atoms with Crippen LogP contribution in [0.15, 0.2) is 125 Å². The predicted molar refractivity (Wildman–Crippen MR) is 280 cm³/mol. The molecule has 0 aromatic heterocycles. The van der Waals surface area contributed by atoms with Crippen LogP contribution in [0.4, 0.5) is 24.5 Å². The van der Waals surface area contributed by atoms with Crippen molar-refractivity contribution in [2.24, 2.45) is 20.0 Å². The van der Waals surface area contributed by atoms with E-state index in [2.05, 4.69) is 169 Å². The number of aliphatic carboxylic acids is 1. The van der Waals surface area contributed by atoms with Gasteiger partial charge in [0.1, 0.15) is 0 Å². The SMILES string of the molecule is C=C=C.C=C=C.C=C=C.CC(=Nc1ccccc1C(C)(C)C)C(C)=Nc1ccccc1C(C)(C)C.CC(=O)O.CC=[N-].CN=C(C)C(C)=NC.C[N-]C(C)CC(C)[N-]C.O=[C-]C(F)(F)F.[Rh+2].[Rh+2].[Rh]. The van der Waals surface area contributed by atoms with Crippen LogP contribution in [0.2, 0.25) is 0 Å². The Kier molecular flexibility index (Phi) is 69.2. The summed E-state index contributed by atoms with van der Waals surface area (Å²) in [5, 5.41) is 23.1. The first-order valence-electron chi connectivity index (χ1n) is 20.2. The first-order valence-corrected chi connectivity index (χ1v) is 20.2. The van der Waals surface area contributed by atoms with Crippen molar-refractivity contribution < 1.29 is 86.3 Å². The topological polar surface area (TPSA) is 154 Å². The van der Waals surface area contributed by atoms with Crippen LogP contribution in [0.3, 0.4) is 0 Å². The summed E-state index contributed by atoms with van der Waals surface area (Å²) in [5.74, 6) is -0.833. The number of aliphatic imine (C=N–C) groups is 4. The van der Waals surface area contributed by atoms with E-state index in [1.807, 2.05) is 53.9 Å². The minimum absolute atomic E-state index is 0. The van der Waals surface area contributed by atoms with Crippen molar-refractivity contribution in [3.8, 4) is 0 Å². The molecule has 0 aliphatic heterocycles. The average Bonchev–Trinajstić information content (AvgIpc) is 3.21. The third-order valence-corrected chi connectivity index (χ3v) is 7.40. The van der Waals surface area contributed by atoms with Gasteiger partial charge in [0.2, 0.25) is 0 Å². The zero-order valence-corrected chi connectivity index (χ0v) is 48.7. The van der Waals surface area contributed by atoms with Crippen molar-refractivity contribution in [1.29, 1.82) is 0 Å². The summed E-state index contributed by atoms with van der Waals surface area (Å²) in [5.41, 5.74) is 15.3. The number of nitrogens with zero attached hydrogens (tertiary/aromatic N) is 7.